The van der Waals surface area contributed by atoms with Gasteiger partial charge in [0.25, 0.3) is 5.91 Å². The van der Waals surface area contributed by atoms with E-state index in [1.54, 1.807) is 7.11 Å². The van der Waals surface area contributed by atoms with Gasteiger partial charge in [0.05, 0.1) is 12.0 Å². The van der Waals surface area contributed by atoms with Gasteiger partial charge in [-0.05, 0) is 34.9 Å². The van der Waals surface area contributed by atoms with Crippen LogP contribution in [-0.2, 0) is 4.79 Å². The van der Waals surface area contributed by atoms with Gasteiger partial charge in [0.2, 0.25) is 0 Å². The summed E-state index contributed by atoms with van der Waals surface area (Å²) in [7, 11) is 1.65. The van der Waals surface area contributed by atoms with Gasteiger partial charge in [-0.1, -0.05) is 60.4 Å². The first kappa shape index (κ1) is 14.8. The number of ether oxygens (including phenoxy) is 1. The van der Waals surface area contributed by atoms with Gasteiger partial charge in [0, 0.05) is 0 Å². The molecule has 0 spiro atoms. The topological polar surface area (TPSA) is 38.3 Å². The molecule has 1 heterocycles. The van der Waals surface area contributed by atoms with Gasteiger partial charge in [-0.2, -0.15) is 0 Å². The number of benzene rings is 2. The lowest BCUT2D eigenvalue weighted by molar-refractivity contribution is -0.115. The van der Waals surface area contributed by atoms with Crippen molar-refractivity contribution < 1.29 is 9.53 Å². The summed E-state index contributed by atoms with van der Waals surface area (Å²) in [6.07, 6.45) is 1.87. The van der Waals surface area contributed by atoms with Crippen LogP contribution in [0.3, 0.4) is 0 Å². The van der Waals surface area contributed by atoms with Crippen molar-refractivity contribution in [1.82, 2.24) is 5.32 Å². The number of thiocarbonyl (C=S) groups is 1. The van der Waals surface area contributed by atoms with Crippen LogP contribution in [0.4, 0.5) is 0 Å². The molecule has 2 aromatic carbocycles. The minimum atomic E-state index is -0.139. The summed E-state index contributed by atoms with van der Waals surface area (Å²) < 4.78 is 5.68. The van der Waals surface area contributed by atoms with Crippen molar-refractivity contribution in [3.8, 4) is 16.9 Å². The molecule has 0 saturated carbocycles. The smallest absolute Gasteiger partial charge is 0.263 e. The van der Waals surface area contributed by atoms with E-state index in [0.717, 1.165) is 22.4 Å². The maximum atomic E-state index is 11.8. The average Bonchev–Trinajstić information content (AvgIpc) is 2.86. The van der Waals surface area contributed by atoms with Crippen molar-refractivity contribution in [2.45, 2.75) is 0 Å². The van der Waals surface area contributed by atoms with E-state index < -0.39 is 0 Å². The monoisotopic (exact) mass is 327 g/mol. The second kappa shape index (κ2) is 6.34. The standard InChI is InChI=1S/C17H13NO2S2/c1-20-13-8-6-11(7-9-13)14-5-3-2-4-12(14)10-15-16(19)18-17(21)22-15/h2-10H,1H3,(H,18,19,21)/b15-10-. The number of thioether (sulfide) groups is 1. The molecule has 1 saturated heterocycles. The lowest BCUT2D eigenvalue weighted by Gasteiger charge is -2.08. The van der Waals surface area contributed by atoms with Gasteiger partial charge >= 0.3 is 0 Å². The van der Waals surface area contributed by atoms with Gasteiger partial charge in [-0.3, -0.25) is 4.79 Å². The summed E-state index contributed by atoms with van der Waals surface area (Å²) in [5, 5.41) is 2.63. The number of hydrogen-bond donors (Lipinski definition) is 1. The number of methoxy groups -OCH3 is 1. The predicted octanol–water partition coefficient (Wildman–Crippen LogP) is 3.85. The second-order valence-electron chi connectivity index (χ2n) is 4.67. The maximum Gasteiger partial charge on any atom is 0.263 e. The molecule has 1 aliphatic rings. The van der Waals surface area contributed by atoms with E-state index in [1.807, 2.05) is 54.6 Å². The Morgan fingerprint density at radius 3 is 2.50 bits per heavy atom. The number of carbonyl (C=O) groups excluding carboxylic acids is 1. The van der Waals surface area contributed by atoms with Crippen molar-refractivity contribution in [3.05, 3.63) is 59.0 Å². The summed E-state index contributed by atoms with van der Waals surface area (Å²) in [5.74, 6) is 0.676. The molecule has 0 aromatic heterocycles. The molecule has 22 heavy (non-hydrogen) atoms. The summed E-state index contributed by atoms with van der Waals surface area (Å²) in [4.78, 5) is 12.4. The van der Waals surface area contributed by atoms with E-state index >= 15 is 0 Å². The van der Waals surface area contributed by atoms with Crippen molar-refractivity contribution in [2.24, 2.45) is 0 Å². The molecule has 3 nitrogen and oxygen atoms in total. The molecule has 1 amide bonds. The molecule has 1 aliphatic heterocycles. The number of rotatable bonds is 3. The van der Waals surface area contributed by atoms with Crippen molar-refractivity contribution >= 4 is 40.3 Å². The third-order valence-electron chi connectivity index (χ3n) is 3.29. The van der Waals surface area contributed by atoms with Crippen LogP contribution in [0.15, 0.2) is 53.4 Å². The molecule has 1 N–H and O–H groups in total. The molecule has 5 heteroatoms. The van der Waals surface area contributed by atoms with Crippen LogP contribution in [0, 0.1) is 0 Å². The van der Waals surface area contributed by atoms with E-state index in [1.165, 1.54) is 11.8 Å². The van der Waals surface area contributed by atoms with E-state index in [-0.39, 0.29) is 5.91 Å². The largest absolute Gasteiger partial charge is 0.497 e. The highest BCUT2D eigenvalue weighted by Gasteiger charge is 2.22. The fraction of sp³-hybridized carbons (Fsp3) is 0.0588. The van der Waals surface area contributed by atoms with Crippen LogP contribution < -0.4 is 10.1 Å². The summed E-state index contributed by atoms with van der Waals surface area (Å²) >= 11 is 6.31. The van der Waals surface area contributed by atoms with Crippen LogP contribution in [0.25, 0.3) is 17.2 Å². The van der Waals surface area contributed by atoms with Crippen LogP contribution in [0.2, 0.25) is 0 Å². The molecular formula is C17H13NO2S2. The Hall–Kier alpha value is -2.11. The quantitative estimate of drug-likeness (QED) is 0.686. The first-order chi connectivity index (χ1) is 10.7. The Kier molecular flexibility index (Phi) is 4.27. The first-order valence-corrected chi connectivity index (χ1v) is 7.88. The number of nitrogens with one attached hydrogen (secondary N) is 1. The summed E-state index contributed by atoms with van der Waals surface area (Å²) in [6.45, 7) is 0. The predicted molar refractivity (Wildman–Crippen MR) is 94.7 cm³/mol. The zero-order valence-corrected chi connectivity index (χ0v) is 13.5. The zero-order chi connectivity index (χ0) is 15.5. The Labute approximate surface area is 138 Å². The minimum absolute atomic E-state index is 0.139. The number of carbonyl (C=O) groups is 1. The van der Waals surface area contributed by atoms with Crippen molar-refractivity contribution in [1.29, 1.82) is 0 Å². The highest BCUT2D eigenvalue weighted by molar-refractivity contribution is 8.26. The second-order valence-corrected chi connectivity index (χ2v) is 6.39. The maximum absolute atomic E-state index is 11.8. The third kappa shape index (κ3) is 3.05. The molecule has 0 atom stereocenters. The molecule has 1 fully saturated rings. The van der Waals surface area contributed by atoms with Gasteiger partial charge in [-0.25, -0.2) is 0 Å². The minimum Gasteiger partial charge on any atom is -0.497 e. The average molecular weight is 327 g/mol. The SMILES string of the molecule is COc1ccc(-c2ccccc2/C=C2\SC(=S)NC2=O)cc1. The molecule has 3 rings (SSSR count). The van der Waals surface area contributed by atoms with Crippen LogP contribution in [-0.4, -0.2) is 17.3 Å². The highest BCUT2D eigenvalue weighted by Crippen LogP contribution is 2.31. The Balaban J connectivity index is 2.01. The normalized spacial score (nSPS) is 16.0. The van der Waals surface area contributed by atoms with Crippen molar-refractivity contribution in [2.75, 3.05) is 7.11 Å². The molecule has 0 radical (unpaired) electrons. The third-order valence-corrected chi connectivity index (χ3v) is 4.45. The Morgan fingerprint density at radius 2 is 1.86 bits per heavy atom. The lowest BCUT2D eigenvalue weighted by Crippen LogP contribution is -2.17. The van der Waals surface area contributed by atoms with Crippen LogP contribution in [0.1, 0.15) is 5.56 Å². The highest BCUT2D eigenvalue weighted by atomic mass is 32.2. The van der Waals surface area contributed by atoms with E-state index in [2.05, 4.69) is 5.32 Å². The summed E-state index contributed by atoms with van der Waals surface area (Å²) in [5.41, 5.74) is 3.11. The Morgan fingerprint density at radius 1 is 1.14 bits per heavy atom. The van der Waals surface area contributed by atoms with Gasteiger partial charge in [-0.15, -0.1) is 0 Å². The Bertz CT molecular complexity index is 766. The molecule has 0 unspecified atom stereocenters. The fourth-order valence-corrected chi connectivity index (χ4v) is 3.25. The van der Waals surface area contributed by atoms with E-state index in [9.17, 15) is 4.79 Å². The van der Waals surface area contributed by atoms with E-state index in [4.69, 9.17) is 17.0 Å². The molecule has 0 aliphatic carbocycles. The number of amides is 1. The van der Waals surface area contributed by atoms with Crippen LogP contribution in [0.5, 0.6) is 5.75 Å². The van der Waals surface area contributed by atoms with Gasteiger partial charge in [0.15, 0.2) is 0 Å². The molecule has 0 bridgehead atoms. The molecule has 2 aromatic rings. The van der Waals surface area contributed by atoms with Crippen molar-refractivity contribution in [3.63, 3.8) is 0 Å². The summed E-state index contributed by atoms with van der Waals surface area (Å²) in [6, 6.07) is 15.8. The van der Waals surface area contributed by atoms with Gasteiger partial charge in [0.1, 0.15) is 10.1 Å². The van der Waals surface area contributed by atoms with E-state index in [0.29, 0.717) is 9.23 Å². The first-order valence-electron chi connectivity index (χ1n) is 6.65. The van der Waals surface area contributed by atoms with Crippen LogP contribution >= 0.6 is 24.0 Å². The molecule has 110 valence electrons. The fourth-order valence-electron chi connectivity index (χ4n) is 2.22. The van der Waals surface area contributed by atoms with Gasteiger partial charge < -0.3 is 10.1 Å². The zero-order valence-electron chi connectivity index (χ0n) is 11.8. The lowest BCUT2D eigenvalue weighted by atomic mass is 9.99. The molecular weight excluding hydrogens is 314 g/mol. The number of hydrogen-bond acceptors (Lipinski definition) is 4.